The largest absolute Gasteiger partial charge is 0.511 e. The van der Waals surface area contributed by atoms with Crippen LogP contribution in [-0.2, 0) is 44.5 Å². The third-order valence-corrected chi connectivity index (χ3v) is 10.5. The van der Waals surface area contributed by atoms with Gasteiger partial charge in [0.2, 0.25) is 0 Å². The molecule has 316 valence electrons. The van der Waals surface area contributed by atoms with Crippen LogP contribution in [0.15, 0.2) is 42.5 Å². The fourth-order valence-electron chi connectivity index (χ4n) is 6.58. The van der Waals surface area contributed by atoms with E-state index in [4.69, 9.17) is 36.5 Å². The third kappa shape index (κ3) is 18.7. The number of aliphatic hydroxyl groups is 1. The smallest absolute Gasteiger partial charge is 0.464 e. The zero-order chi connectivity index (χ0) is 42.5. The first-order chi connectivity index (χ1) is 26.9. The summed E-state index contributed by atoms with van der Waals surface area (Å²) in [5.41, 5.74) is -1.82. The van der Waals surface area contributed by atoms with Crippen LogP contribution >= 0.6 is 0 Å². The molecule has 1 saturated carbocycles. The van der Waals surface area contributed by atoms with Crippen molar-refractivity contribution in [3.63, 3.8) is 0 Å². The van der Waals surface area contributed by atoms with Crippen molar-refractivity contribution in [2.75, 3.05) is 19.8 Å². The molecule has 10 nitrogen and oxygen atoms in total. The molecular formula is C47H68O10. The van der Waals surface area contributed by atoms with Gasteiger partial charge in [-0.05, 0) is 103 Å². The Kier molecular flexibility index (Phi) is 21.0. The Morgan fingerprint density at radius 2 is 1.40 bits per heavy atom. The van der Waals surface area contributed by atoms with Crippen LogP contribution in [-0.4, -0.2) is 61.4 Å². The first-order valence-electron chi connectivity index (χ1n) is 20.5. The lowest BCUT2D eigenvalue weighted by Crippen LogP contribution is -2.40. The molecule has 0 radical (unpaired) electrons. The maximum atomic E-state index is 12.9. The van der Waals surface area contributed by atoms with Gasteiger partial charge in [-0.15, -0.1) is 24.7 Å². The number of terminal acetylenes is 2. The van der Waals surface area contributed by atoms with E-state index in [9.17, 15) is 24.3 Å². The first-order valence-corrected chi connectivity index (χ1v) is 20.5. The maximum Gasteiger partial charge on any atom is 0.511 e. The molecule has 2 rings (SSSR count). The molecule has 0 heterocycles. The van der Waals surface area contributed by atoms with Crippen molar-refractivity contribution in [1.29, 1.82) is 0 Å². The first kappa shape index (κ1) is 48.9. The molecule has 10 heteroatoms. The topological polar surface area (TPSA) is 135 Å². The number of ether oxygens (including phenoxy) is 5. The Hall–Kier alpha value is -4.28. The van der Waals surface area contributed by atoms with Crippen molar-refractivity contribution in [2.45, 2.75) is 144 Å². The van der Waals surface area contributed by atoms with Crippen LogP contribution in [0.4, 0.5) is 4.79 Å². The summed E-state index contributed by atoms with van der Waals surface area (Å²) in [6.07, 6.45) is 22.6. The number of carbonyl (C=O) groups is 4. The minimum absolute atomic E-state index is 0.150. The molecule has 1 fully saturated rings. The zero-order valence-electron chi connectivity index (χ0n) is 35.5. The third-order valence-electron chi connectivity index (χ3n) is 10.5. The van der Waals surface area contributed by atoms with Crippen molar-refractivity contribution in [3.8, 4) is 24.7 Å². The van der Waals surface area contributed by atoms with E-state index >= 15 is 0 Å². The Morgan fingerprint density at radius 3 is 1.98 bits per heavy atom. The van der Waals surface area contributed by atoms with E-state index in [-0.39, 0.29) is 51.1 Å². The summed E-state index contributed by atoms with van der Waals surface area (Å²) in [5.74, 6) is 4.19. The van der Waals surface area contributed by atoms with Gasteiger partial charge in [-0.1, -0.05) is 69.2 Å². The molecule has 0 spiro atoms. The average Bonchev–Trinajstić information content (AvgIpc) is 3.62. The summed E-state index contributed by atoms with van der Waals surface area (Å²) in [6.45, 7) is 10.9. The predicted molar refractivity (Wildman–Crippen MR) is 220 cm³/mol. The van der Waals surface area contributed by atoms with Crippen LogP contribution < -0.4 is 0 Å². The number of allylic oxidation sites excluding steroid dienone is 2. The second kappa shape index (κ2) is 24.5. The fourth-order valence-corrected chi connectivity index (χ4v) is 6.58. The van der Waals surface area contributed by atoms with Gasteiger partial charge in [0.1, 0.15) is 19.8 Å². The Balaban J connectivity index is 1.81. The van der Waals surface area contributed by atoms with Gasteiger partial charge < -0.3 is 28.8 Å². The molecule has 0 saturated heterocycles. The van der Waals surface area contributed by atoms with Gasteiger partial charge in [0.05, 0.1) is 22.3 Å². The molecule has 0 bridgehead atoms. The Morgan fingerprint density at radius 1 is 0.825 bits per heavy atom. The number of hydrogen-bond acceptors (Lipinski definition) is 10. The molecule has 0 aliphatic heterocycles. The second-order valence-electron chi connectivity index (χ2n) is 17.6. The fraction of sp³-hybridized carbons (Fsp3) is 0.660. The van der Waals surface area contributed by atoms with Crippen molar-refractivity contribution < 1.29 is 48.0 Å². The average molecular weight is 793 g/mol. The summed E-state index contributed by atoms with van der Waals surface area (Å²) in [5, 5.41) is 10.6. The molecule has 1 aromatic carbocycles. The highest BCUT2D eigenvalue weighted by Crippen LogP contribution is 2.38. The van der Waals surface area contributed by atoms with E-state index < -0.39 is 46.6 Å². The number of hydrogen-bond donors (Lipinski definition) is 1. The van der Waals surface area contributed by atoms with Crippen molar-refractivity contribution >= 4 is 24.1 Å². The number of benzene rings is 1. The Labute approximate surface area is 342 Å². The molecule has 4 atom stereocenters. The Bertz CT molecular complexity index is 1470. The number of esters is 3. The van der Waals surface area contributed by atoms with E-state index in [0.717, 1.165) is 32.1 Å². The number of carbonyl (C=O) groups excluding carboxylic acids is 4. The monoisotopic (exact) mass is 792 g/mol. The summed E-state index contributed by atoms with van der Waals surface area (Å²) < 4.78 is 27.4. The number of unbranched alkanes of at least 4 members (excludes halogenated alkanes) is 1. The molecule has 1 unspecified atom stereocenters. The van der Waals surface area contributed by atoms with Crippen LogP contribution in [0.5, 0.6) is 0 Å². The quantitative estimate of drug-likeness (QED) is 0.0255. The highest BCUT2D eigenvalue weighted by Gasteiger charge is 2.37. The van der Waals surface area contributed by atoms with Crippen LogP contribution in [0.2, 0.25) is 0 Å². The molecule has 1 N–H and O–H groups in total. The maximum absolute atomic E-state index is 12.9. The highest BCUT2D eigenvalue weighted by atomic mass is 16.8. The molecule has 1 aliphatic carbocycles. The molecular weight excluding hydrogens is 725 g/mol. The lowest BCUT2D eigenvalue weighted by atomic mass is 9.87. The van der Waals surface area contributed by atoms with E-state index in [2.05, 4.69) is 36.1 Å². The second-order valence-corrected chi connectivity index (χ2v) is 17.6. The number of rotatable bonds is 25. The van der Waals surface area contributed by atoms with Gasteiger partial charge in [0.15, 0.2) is 0 Å². The summed E-state index contributed by atoms with van der Waals surface area (Å²) >= 11 is 0. The molecule has 57 heavy (non-hydrogen) atoms. The van der Waals surface area contributed by atoms with Crippen LogP contribution in [0.3, 0.4) is 0 Å². The van der Waals surface area contributed by atoms with Gasteiger partial charge in [0, 0.05) is 25.2 Å². The van der Waals surface area contributed by atoms with Crippen molar-refractivity contribution in [1.82, 2.24) is 0 Å². The van der Waals surface area contributed by atoms with Gasteiger partial charge in [0.25, 0.3) is 6.29 Å². The van der Waals surface area contributed by atoms with Crippen LogP contribution in [0.25, 0.3) is 0 Å². The van der Waals surface area contributed by atoms with Crippen LogP contribution in [0, 0.1) is 58.7 Å². The molecule has 1 aliphatic rings. The molecule has 0 aromatic heterocycles. The van der Waals surface area contributed by atoms with Gasteiger partial charge in [-0.3, -0.25) is 14.4 Å². The number of aliphatic hydroxyl groups excluding tert-OH is 1. The minimum atomic E-state index is -1.19. The lowest BCUT2D eigenvalue weighted by molar-refractivity contribution is -0.180. The molecule has 0 amide bonds. The van der Waals surface area contributed by atoms with E-state index in [0.29, 0.717) is 24.7 Å². The minimum Gasteiger partial charge on any atom is -0.464 e. The van der Waals surface area contributed by atoms with Crippen molar-refractivity contribution in [3.05, 3.63) is 48.0 Å². The predicted octanol–water partition coefficient (Wildman–Crippen LogP) is 9.16. The van der Waals surface area contributed by atoms with Gasteiger partial charge >= 0.3 is 24.1 Å². The van der Waals surface area contributed by atoms with E-state index in [1.54, 1.807) is 48.5 Å². The van der Waals surface area contributed by atoms with E-state index in [1.165, 1.54) is 24.8 Å². The standard InChI is InChI=1S/C47H68O10/c1-10-30-45(5,6)42(50)53-32-47(9,33-54-43(51)46(7,8)31-11-2)34-55-44(52)57-41(35(3)4)56-40(49)25-18-13-12-17-22-37-23-19-24-38(37)27-29-39(48)28-26-36-20-15-14-16-21-36/h1-2,12,14-17,20-21,35,37-39,41,48H,13,18-19,22-34H2,3-9H3/b17-12-/t37-,38+,39-,41?/m0/s1. The molecule has 1 aromatic rings. The van der Waals surface area contributed by atoms with E-state index in [1.807, 2.05) is 18.2 Å². The lowest BCUT2D eigenvalue weighted by Gasteiger charge is -2.31. The van der Waals surface area contributed by atoms with Crippen molar-refractivity contribution in [2.24, 2.45) is 34.0 Å². The zero-order valence-corrected chi connectivity index (χ0v) is 35.5. The summed E-state index contributed by atoms with van der Waals surface area (Å²) in [7, 11) is 0. The number of aryl methyl sites for hydroxylation is 1. The highest BCUT2D eigenvalue weighted by molar-refractivity contribution is 5.77. The summed E-state index contributed by atoms with van der Waals surface area (Å²) in [4.78, 5) is 51.2. The van der Waals surface area contributed by atoms with Gasteiger partial charge in [-0.2, -0.15) is 0 Å². The normalized spacial score (nSPS) is 17.0. The SMILES string of the molecule is C#CCC(C)(C)C(=O)OCC(C)(COC(=O)OC(OC(=O)CCC/C=C\C[C@H]1CCC[C@@H]1CC[C@@H](O)CCc1ccccc1)C(C)C)COC(=O)C(C)(C)CC#C. The summed E-state index contributed by atoms with van der Waals surface area (Å²) in [6, 6.07) is 10.3. The van der Waals surface area contributed by atoms with Crippen LogP contribution in [0.1, 0.15) is 131 Å². The van der Waals surface area contributed by atoms with Gasteiger partial charge in [-0.25, -0.2) is 4.79 Å².